The zero-order valence-corrected chi connectivity index (χ0v) is 34.4. The Hall–Kier alpha value is -3.82. The minimum absolute atomic E-state index is 0.0885. The van der Waals surface area contributed by atoms with Gasteiger partial charge in [0.15, 0.2) is 0 Å². The van der Waals surface area contributed by atoms with Crippen molar-refractivity contribution in [3.05, 3.63) is 69.3 Å². The molecule has 0 saturated carbocycles. The van der Waals surface area contributed by atoms with Crippen LogP contribution in [0, 0.1) is 11.3 Å². The molecule has 1 saturated heterocycles. The van der Waals surface area contributed by atoms with E-state index in [0.29, 0.717) is 29.5 Å². The Balaban J connectivity index is 0.00000239. The number of nitrogens with one attached hydrogen (secondary N) is 3. The topological polar surface area (TPSA) is 180 Å². The van der Waals surface area contributed by atoms with Crippen LogP contribution in [0.4, 0.5) is 0 Å². The Labute approximate surface area is 334 Å². The van der Waals surface area contributed by atoms with Gasteiger partial charge in [0.2, 0.25) is 15.6 Å². The summed E-state index contributed by atoms with van der Waals surface area (Å²) in [5.74, 6) is -3.25. The maximum absolute atomic E-state index is 13.8. The van der Waals surface area contributed by atoms with Gasteiger partial charge in [-0.1, -0.05) is 87.0 Å². The molecule has 3 unspecified atom stereocenters. The molecule has 3 atom stereocenters. The van der Waals surface area contributed by atoms with Crippen molar-refractivity contribution in [3.63, 3.8) is 0 Å². The molecule has 4 N–H and O–H groups in total. The number of thiazole rings is 1. The van der Waals surface area contributed by atoms with E-state index in [1.165, 1.54) is 16.3 Å². The zero-order valence-electron chi connectivity index (χ0n) is 31.3. The third-order valence-corrected chi connectivity index (χ3v) is 8.88. The highest BCUT2D eigenvalue weighted by Gasteiger charge is 2.37. The van der Waals surface area contributed by atoms with E-state index in [-0.39, 0.29) is 18.9 Å². The number of pyridine rings is 1. The second kappa shape index (κ2) is 21.3. The number of nitrogens with zero attached hydrogens (tertiary/aromatic N) is 3. The van der Waals surface area contributed by atoms with E-state index in [9.17, 15) is 19.2 Å². The highest BCUT2D eigenvalue weighted by atomic mass is 35.6. The molecule has 1 fully saturated rings. The predicted molar refractivity (Wildman–Crippen MR) is 212 cm³/mol. The van der Waals surface area contributed by atoms with Gasteiger partial charge in [-0.15, -0.1) is 11.3 Å². The number of carbonyl (C=O) groups is 5. The van der Waals surface area contributed by atoms with Crippen LogP contribution in [0.5, 0.6) is 0 Å². The molecule has 0 aliphatic carbocycles. The fourth-order valence-corrected chi connectivity index (χ4v) is 5.65. The Kier molecular flexibility index (Phi) is 18.3. The third-order valence-electron chi connectivity index (χ3n) is 7.92. The number of hydrogen-bond donors (Lipinski definition) is 4. The number of hydrogen-bond acceptors (Lipinski definition) is 10. The van der Waals surface area contributed by atoms with Crippen LogP contribution in [-0.4, -0.2) is 84.8 Å². The molecule has 0 bridgehead atoms. The lowest BCUT2D eigenvalue weighted by Gasteiger charge is -2.35. The van der Waals surface area contributed by atoms with Crippen LogP contribution in [-0.2, 0) is 41.6 Å². The zero-order chi connectivity index (χ0) is 40.8. The van der Waals surface area contributed by atoms with Crippen molar-refractivity contribution < 1.29 is 33.8 Å². The fraction of sp³-hybridized carbons (Fsp3) is 0.486. The van der Waals surface area contributed by atoms with Crippen LogP contribution in [0.1, 0.15) is 65.8 Å². The van der Waals surface area contributed by atoms with Crippen molar-refractivity contribution in [3.8, 4) is 0 Å². The number of ether oxygens (including phenoxy) is 1. The average molecular weight is 828 g/mol. The number of allylic oxidation sites excluding steroid dienone is 2. The summed E-state index contributed by atoms with van der Waals surface area (Å²) in [6.45, 7) is 18.1. The number of aromatic nitrogens is 2. The molecule has 0 spiro atoms. The van der Waals surface area contributed by atoms with Crippen molar-refractivity contribution in [2.24, 2.45) is 11.3 Å². The molecule has 1 aliphatic rings. The molecule has 13 nitrogen and oxygen atoms in total. The fourth-order valence-electron chi connectivity index (χ4n) is 4.91. The number of aryl methyl sites for hydroxylation is 1. The van der Waals surface area contributed by atoms with Gasteiger partial charge in [-0.2, -0.15) is 0 Å². The predicted octanol–water partition coefficient (Wildman–Crippen LogP) is 3.80. The molecule has 2 aromatic heterocycles. The summed E-state index contributed by atoms with van der Waals surface area (Å²) in [5, 5.41) is 17.7. The summed E-state index contributed by atoms with van der Waals surface area (Å²) in [7, 11) is 0. The molecule has 54 heavy (non-hydrogen) atoms. The van der Waals surface area contributed by atoms with Gasteiger partial charge in [-0.25, -0.2) is 10.4 Å². The smallest absolute Gasteiger partial charge is 0.325 e. The van der Waals surface area contributed by atoms with Crippen molar-refractivity contribution >= 4 is 88.5 Å². The number of aliphatic carboxylic acids is 1. The standard InChI is InChI=1S/C35H45Cl3N6O5S.C2H4O2/c1-8-24-12-11-23(5)27(40-24)16-22(4)13-14-34(6,7)33(48)42-29(21(2)3)30(45)41-28(17-25-18-50-20-39-25)31(46)44-15-9-10-26(43-44)32(47)49-19-35(36,37)38;1-2(3)4/h11-14,16,18,20-21,26,28-29,43H,4-5,8-10,15,17,19H2,1-3,6-7H3,(H,41,45)(H,42,48);1H3,(H,3,4)/b14-13+,27-16+;. The number of alkyl halides is 3. The highest BCUT2D eigenvalue weighted by Crippen LogP contribution is 2.26. The van der Waals surface area contributed by atoms with Gasteiger partial charge < -0.3 is 20.5 Å². The van der Waals surface area contributed by atoms with Gasteiger partial charge >= 0.3 is 5.97 Å². The minimum Gasteiger partial charge on any atom is -0.481 e. The first-order valence-electron chi connectivity index (χ1n) is 17.2. The molecule has 0 aromatic carbocycles. The van der Waals surface area contributed by atoms with Crippen LogP contribution in [0.25, 0.3) is 12.7 Å². The van der Waals surface area contributed by atoms with Crippen molar-refractivity contribution in [1.82, 2.24) is 31.0 Å². The SMILES string of the molecule is C=C(/C=C/C(C)(C)C(=O)NC(C(=O)NC(Cc1cscn1)C(=O)N1CCCC(C(=O)OCC(Cl)(Cl)Cl)N1)C(C)C)/C=c1/nc(CC)ccc1=C.CC(=O)O. The van der Waals surface area contributed by atoms with Crippen LogP contribution < -0.4 is 26.6 Å². The minimum atomic E-state index is -1.78. The van der Waals surface area contributed by atoms with Gasteiger partial charge in [0.1, 0.15) is 24.7 Å². The van der Waals surface area contributed by atoms with Gasteiger partial charge in [0, 0.05) is 31.0 Å². The average Bonchev–Trinajstić information content (AvgIpc) is 3.61. The third kappa shape index (κ3) is 15.9. The first kappa shape index (κ1) is 46.3. The molecule has 3 rings (SSSR count). The van der Waals surface area contributed by atoms with Gasteiger partial charge in [-0.3, -0.25) is 34.0 Å². The van der Waals surface area contributed by atoms with Crippen LogP contribution in [0.3, 0.4) is 0 Å². The Morgan fingerprint density at radius 1 is 1.17 bits per heavy atom. The molecule has 17 heteroatoms. The molecule has 2 aromatic rings. The number of halogens is 3. The molecule has 296 valence electrons. The number of esters is 1. The largest absolute Gasteiger partial charge is 0.481 e. The van der Waals surface area contributed by atoms with E-state index in [2.05, 4.69) is 39.2 Å². The van der Waals surface area contributed by atoms with Gasteiger partial charge in [0.25, 0.3) is 11.9 Å². The maximum Gasteiger partial charge on any atom is 0.325 e. The van der Waals surface area contributed by atoms with E-state index >= 15 is 0 Å². The van der Waals surface area contributed by atoms with Gasteiger partial charge in [0.05, 0.1) is 22.0 Å². The maximum atomic E-state index is 13.8. The van der Waals surface area contributed by atoms with Crippen molar-refractivity contribution in [1.29, 1.82) is 0 Å². The molecular weight excluding hydrogens is 779 g/mol. The van der Waals surface area contributed by atoms with Gasteiger partial charge in [-0.05, 0) is 62.0 Å². The molecule has 0 radical (unpaired) electrons. The lowest BCUT2D eigenvalue weighted by atomic mass is 9.89. The normalized spacial score (nSPS) is 16.2. The van der Waals surface area contributed by atoms with E-state index in [4.69, 9.17) is 49.4 Å². The van der Waals surface area contributed by atoms with E-state index < -0.39 is 63.6 Å². The van der Waals surface area contributed by atoms with E-state index in [0.717, 1.165) is 24.3 Å². The summed E-state index contributed by atoms with van der Waals surface area (Å²) in [6.07, 6.45) is 7.01. The molecule has 3 heterocycles. The number of carboxylic acids is 1. The first-order chi connectivity index (χ1) is 25.1. The Morgan fingerprint density at radius 2 is 1.83 bits per heavy atom. The number of carbonyl (C=O) groups excluding carboxylic acids is 4. The first-order valence-corrected chi connectivity index (χ1v) is 19.2. The summed E-state index contributed by atoms with van der Waals surface area (Å²) in [5.41, 5.74) is 5.66. The quantitative estimate of drug-likeness (QED) is 0.124. The highest BCUT2D eigenvalue weighted by molar-refractivity contribution is 7.07. The van der Waals surface area contributed by atoms with E-state index in [1.807, 2.05) is 25.1 Å². The van der Waals surface area contributed by atoms with Crippen LogP contribution in [0.15, 0.2) is 47.3 Å². The summed E-state index contributed by atoms with van der Waals surface area (Å²) in [6, 6.07) is 0.951. The van der Waals surface area contributed by atoms with Crippen LogP contribution in [0.2, 0.25) is 0 Å². The summed E-state index contributed by atoms with van der Waals surface area (Å²) in [4.78, 5) is 71.7. The number of amides is 3. The van der Waals surface area contributed by atoms with Crippen molar-refractivity contribution in [2.45, 2.75) is 89.1 Å². The second-order valence-corrected chi connectivity index (χ2v) is 16.7. The lowest BCUT2D eigenvalue weighted by molar-refractivity contribution is -0.153. The molecule has 3 amide bonds. The lowest BCUT2D eigenvalue weighted by Crippen LogP contribution is -2.62. The summed E-state index contributed by atoms with van der Waals surface area (Å²) < 4.78 is 3.33. The Morgan fingerprint density at radius 3 is 2.41 bits per heavy atom. The summed E-state index contributed by atoms with van der Waals surface area (Å²) >= 11 is 18.5. The number of rotatable bonds is 14. The molecule has 1 aliphatic heterocycles. The van der Waals surface area contributed by atoms with Crippen molar-refractivity contribution in [2.75, 3.05) is 13.2 Å². The number of hydrazine groups is 1. The monoisotopic (exact) mass is 826 g/mol. The Bertz CT molecular complexity index is 1780. The van der Waals surface area contributed by atoms with E-state index in [1.54, 1.807) is 50.7 Å². The molecular formula is C37H49Cl3N6O7S. The van der Waals surface area contributed by atoms with Crippen LogP contribution >= 0.6 is 46.1 Å². The second-order valence-electron chi connectivity index (χ2n) is 13.5. The number of carboxylic acid groups (broad SMARTS) is 1.